The summed E-state index contributed by atoms with van der Waals surface area (Å²) in [4.78, 5) is 33.4. The van der Waals surface area contributed by atoms with Gasteiger partial charge >= 0.3 is 0 Å². The highest BCUT2D eigenvalue weighted by molar-refractivity contribution is 5.99. The van der Waals surface area contributed by atoms with Crippen molar-refractivity contribution in [2.75, 3.05) is 33.3 Å². The van der Waals surface area contributed by atoms with E-state index in [9.17, 15) is 9.59 Å². The van der Waals surface area contributed by atoms with Crippen molar-refractivity contribution in [1.82, 2.24) is 15.2 Å². The first-order valence-corrected chi connectivity index (χ1v) is 10.4. The number of aromatic nitrogens is 1. The maximum atomic E-state index is 13.2. The Bertz CT molecular complexity index is 849. The molecule has 1 aliphatic heterocycles. The van der Waals surface area contributed by atoms with Gasteiger partial charge in [-0.3, -0.25) is 14.6 Å². The molecule has 7 heteroatoms. The van der Waals surface area contributed by atoms with Crippen LogP contribution in [-0.2, 0) is 11.3 Å². The van der Waals surface area contributed by atoms with Crippen molar-refractivity contribution in [1.29, 1.82) is 0 Å². The van der Waals surface area contributed by atoms with Gasteiger partial charge in [0.1, 0.15) is 18.3 Å². The quantitative estimate of drug-likeness (QED) is 0.706. The number of quaternary nitrogens is 1. The Morgan fingerprint density at radius 1 is 1.13 bits per heavy atom. The number of piperazine rings is 1. The van der Waals surface area contributed by atoms with Crippen LogP contribution in [0.5, 0.6) is 5.75 Å². The van der Waals surface area contributed by atoms with E-state index >= 15 is 0 Å². The molecule has 30 heavy (non-hydrogen) atoms. The van der Waals surface area contributed by atoms with Gasteiger partial charge in [0.05, 0.1) is 38.9 Å². The Morgan fingerprint density at radius 3 is 2.43 bits per heavy atom. The Labute approximate surface area is 178 Å². The first kappa shape index (κ1) is 21.8. The maximum absolute atomic E-state index is 13.2. The standard InChI is InChI=1S/C23H30N4O3/c1-17(2)21(25-22(28)19-6-4-5-7-20(19)30-3)23(29)27-14-12-26(13-15-27)16-18-8-10-24-11-9-18/h4-11,17,21H,12-16H2,1-3H3,(H,25,28)/p+1/t21-/m0/s1. The van der Waals surface area contributed by atoms with E-state index in [1.807, 2.05) is 49.3 Å². The zero-order valence-electron chi connectivity index (χ0n) is 17.9. The van der Waals surface area contributed by atoms with Crippen LogP contribution in [0.15, 0.2) is 48.8 Å². The van der Waals surface area contributed by atoms with Crippen LogP contribution >= 0.6 is 0 Å². The van der Waals surface area contributed by atoms with E-state index in [0.717, 1.165) is 19.6 Å². The average Bonchev–Trinajstić information content (AvgIpc) is 2.78. The molecule has 1 aliphatic rings. The number of ether oxygens (including phenoxy) is 1. The number of carbonyl (C=O) groups is 2. The van der Waals surface area contributed by atoms with Crippen LogP contribution in [0.3, 0.4) is 0 Å². The molecule has 2 N–H and O–H groups in total. The molecule has 2 heterocycles. The zero-order valence-corrected chi connectivity index (χ0v) is 17.9. The lowest BCUT2D eigenvalue weighted by Crippen LogP contribution is -3.13. The third-order valence-corrected chi connectivity index (χ3v) is 5.56. The molecule has 7 nitrogen and oxygen atoms in total. The first-order chi connectivity index (χ1) is 14.5. The van der Waals surface area contributed by atoms with Gasteiger partial charge in [0.25, 0.3) is 5.91 Å². The number of pyridine rings is 1. The number of nitrogens with one attached hydrogen (secondary N) is 2. The summed E-state index contributed by atoms with van der Waals surface area (Å²) in [6.45, 7) is 7.99. The predicted molar refractivity (Wildman–Crippen MR) is 114 cm³/mol. The van der Waals surface area contributed by atoms with E-state index in [0.29, 0.717) is 24.4 Å². The van der Waals surface area contributed by atoms with Crippen molar-refractivity contribution in [2.24, 2.45) is 5.92 Å². The smallest absolute Gasteiger partial charge is 0.255 e. The maximum Gasteiger partial charge on any atom is 0.255 e. The summed E-state index contributed by atoms with van der Waals surface area (Å²) >= 11 is 0. The number of hydrogen-bond donors (Lipinski definition) is 2. The van der Waals surface area contributed by atoms with Crippen molar-refractivity contribution in [3.63, 3.8) is 0 Å². The summed E-state index contributed by atoms with van der Waals surface area (Å²) in [5.74, 6) is 0.175. The molecule has 0 spiro atoms. The van der Waals surface area contributed by atoms with Gasteiger partial charge in [-0.25, -0.2) is 0 Å². The highest BCUT2D eigenvalue weighted by Gasteiger charge is 2.32. The summed E-state index contributed by atoms with van der Waals surface area (Å²) in [5, 5.41) is 2.93. The second-order valence-electron chi connectivity index (χ2n) is 8.00. The lowest BCUT2D eigenvalue weighted by Gasteiger charge is -2.35. The minimum Gasteiger partial charge on any atom is -0.496 e. The van der Waals surface area contributed by atoms with E-state index < -0.39 is 6.04 Å². The molecule has 0 radical (unpaired) electrons. The van der Waals surface area contributed by atoms with Gasteiger partial charge in [0.15, 0.2) is 0 Å². The summed E-state index contributed by atoms with van der Waals surface area (Å²) in [5.41, 5.74) is 1.69. The SMILES string of the molecule is COc1ccccc1C(=O)N[C@H](C(=O)N1CC[NH+](Cc2ccncc2)CC1)C(C)C. The molecule has 1 aromatic carbocycles. The van der Waals surface area contributed by atoms with Gasteiger partial charge in [-0.2, -0.15) is 0 Å². The fourth-order valence-corrected chi connectivity index (χ4v) is 3.77. The van der Waals surface area contributed by atoms with E-state index in [1.54, 1.807) is 18.2 Å². The minimum atomic E-state index is -0.566. The number of benzene rings is 1. The van der Waals surface area contributed by atoms with E-state index in [4.69, 9.17) is 4.74 Å². The lowest BCUT2D eigenvalue weighted by molar-refractivity contribution is -0.917. The normalized spacial score (nSPS) is 15.7. The highest BCUT2D eigenvalue weighted by atomic mass is 16.5. The van der Waals surface area contributed by atoms with Crippen LogP contribution in [0.25, 0.3) is 0 Å². The Balaban J connectivity index is 1.60. The molecule has 1 saturated heterocycles. The third-order valence-electron chi connectivity index (χ3n) is 5.56. The molecule has 160 valence electrons. The van der Waals surface area contributed by atoms with Crippen LogP contribution in [0, 0.1) is 5.92 Å². The van der Waals surface area contributed by atoms with E-state index in [-0.39, 0.29) is 17.7 Å². The van der Waals surface area contributed by atoms with Crippen molar-refractivity contribution in [3.05, 3.63) is 59.9 Å². The minimum absolute atomic E-state index is 0.0154. The number of hydrogen-bond acceptors (Lipinski definition) is 4. The predicted octanol–water partition coefficient (Wildman–Crippen LogP) is 0.772. The number of para-hydroxylation sites is 1. The lowest BCUT2D eigenvalue weighted by atomic mass is 10.0. The molecule has 0 aliphatic carbocycles. The van der Waals surface area contributed by atoms with Gasteiger partial charge in [0, 0.05) is 18.0 Å². The molecular formula is C23H31N4O3+. The average molecular weight is 412 g/mol. The summed E-state index contributed by atoms with van der Waals surface area (Å²) in [7, 11) is 1.53. The molecule has 2 amide bonds. The van der Waals surface area contributed by atoms with E-state index in [2.05, 4.69) is 10.3 Å². The highest BCUT2D eigenvalue weighted by Crippen LogP contribution is 2.18. The largest absolute Gasteiger partial charge is 0.496 e. The summed E-state index contributed by atoms with van der Waals surface area (Å²) < 4.78 is 5.28. The van der Waals surface area contributed by atoms with Crippen LogP contribution in [0.4, 0.5) is 0 Å². The Hall–Kier alpha value is -2.93. The summed E-state index contributed by atoms with van der Waals surface area (Å²) in [6.07, 6.45) is 3.62. The molecule has 1 fully saturated rings. The molecule has 1 aromatic heterocycles. The van der Waals surface area contributed by atoms with Crippen molar-refractivity contribution < 1.29 is 19.2 Å². The van der Waals surface area contributed by atoms with Gasteiger partial charge in [-0.1, -0.05) is 26.0 Å². The monoisotopic (exact) mass is 411 g/mol. The van der Waals surface area contributed by atoms with Gasteiger partial charge in [-0.05, 0) is 30.2 Å². The first-order valence-electron chi connectivity index (χ1n) is 10.4. The van der Waals surface area contributed by atoms with Crippen molar-refractivity contribution in [3.8, 4) is 5.75 Å². The fraction of sp³-hybridized carbons (Fsp3) is 0.435. The zero-order chi connectivity index (χ0) is 21.5. The molecule has 2 aromatic rings. The molecule has 0 unspecified atom stereocenters. The van der Waals surface area contributed by atoms with Crippen LogP contribution in [0.2, 0.25) is 0 Å². The summed E-state index contributed by atoms with van der Waals surface area (Å²) in [6, 6.07) is 10.6. The van der Waals surface area contributed by atoms with Crippen molar-refractivity contribution in [2.45, 2.75) is 26.4 Å². The van der Waals surface area contributed by atoms with Gasteiger partial charge in [-0.15, -0.1) is 0 Å². The Morgan fingerprint density at radius 2 is 1.80 bits per heavy atom. The van der Waals surface area contributed by atoms with E-state index in [1.165, 1.54) is 17.6 Å². The van der Waals surface area contributed by atoms with Crippen LogP contribution in [-0.4, -0.2) is 61.0 Å². The second-order valence-corrected chi connectivity index (χ2v) is 8.00. The number of rotatable bonds is 7. The van der Waals surface area contributed by atoms with Crippen LogP contribution < -0.4 is 15.0 Å². The number of nitrogens with zero attached hydrogens (tertiary/aromatic N) is 2. The Kier molecular flexibility index (Phi) is 7.41. The number of methoxy groups -OCH3 is 1. The van der Waals surface area contributed by atoms with Gasteiger partial charge < -0.3 is 19.9 Å². The van der Waals surface area contributed by atoms with Gasteiger partial charge in [0.2, 0.25) is 5.91 Å². The molecule has 0 bridgehead atoms. The molecular weight excluding hydrogens is 380 g/mol. The topological polar surface area (TPSA) is 76.0 Å². The molecule has 0 saturated carbocycles. The van der Waals surface area contributed by atoms with Crippen molar-refractivity contribution >= 4 is 11.8 Å². The number of carbonyl (C=O) groups excluding carboxylic acids is 2. The second kappa shape index (κ2) is 10.2. The van der Waals surface area contributed by atoms with Crippen LogP contribution in [0.1, 0.15) is 29.8 Å². The number of amides is 2. The fourth-order valence-electron chi connectivity index (χ4n) is 3.77. The molecule has 1 atom stereocenters. The third kappa shape index (κ3) is 5.36. The molecule has 3 rings (SSSR count).